The lowest BCUT2D eigenvalue weighted by molar-refractivity contribution is -0.148. The first-order valence-electron chi connectivity index (χ1n) is 7.89. The number of allylic oxidation sites excluding steroid dienone is 1. The Morgan fingerprint density at radius 2 is 2.00 bits per heavy atom. The van der Waals surface area contributed by atoms with Gasteiger partial charge in [-0.2, -0.15) is 0 Å². The molecule has 1 heterocycles. The molecule has 0 radical (unpaired) electrons. The Balaban J connectivity index is 2.22. The summed E-state index contributed by atoms with van der Waals surface area (Å²) >= 11 is 0. The summed E-state index contributed by atoms with van der Waals surface area (Å²) in [7, 11) is 0. The molecule has 0 aromatic heterocycles. The summed E-state index contributed by atoms with van der Waals surface area (Å²) in [4.78, 5) is 22.8. The van der Waals surface area contributed by atoms with Crippen LogP contribution in [0.25, 0.3) is 0 Å². The molecule has 0 saturated carbocycles. The van der Waals surface area contributed by atoms with Gasteiger partial charge in [0, 0.05) is 18.9 Å². The predicted molar refractivity (Wildman–Crippen MR) is 81.4 cm³/mol. The van der Waals surface area contributed by atoms with E-state index in [1.54, 1.807) is 6.08 Å². The number of aliphatic carboxylic acids is 1. The first-order chi connectivity index (χ1) is 10.1. The van der Waals surface area contributed by atoms with Gasteiger partial charge in [-0.3, -0.25) is 4.79 Å². The molecule has 2 aliphatic rings. The van der Waals surface area contributed by atoms with Gasteiger partial charge in [-0.05, 0) is 38.0 Å². The average Bonchev–Trinajstić information content (AvgIpc) is 2.94. The number of fused-ring (bicyclic) bond motifs is 1. The summed E-state index contributed by atoms with van der Waals surface area (Å²) in [5, 5.41) is 9.37. The quantitative estimate of drug-likeness (QED) is 0.626. The molecular weight excluding hydrogens is 284 g/mol. The molecule has 1 aliphatic heterocycles. The third-order valence-electron chi connectivity index (χ3n) is 4.64. The van der Waals surface area contributed by atoms with Gasteiger partial charge in [-0.1, -0.05) is 19.9 Å². The van der Waals surface area contributed by atoms with Crippen molar-refractivity contribution in [3.63, 3.8) is 0 Å². The number of hydrogen-bond donors (Lipinski definition) is 1. The summed E-state index contributed by atoms with van der Waals surface area (Å²) in [6.45, 7) is 7.69. The maximum absolute atomic E-state index is 11.4. The molecule has 0 aromatic carbocycles. The van der Waals surface area contributed by atoms with Gasteiger partial charge in [0.25, 0.3) is 0 Å². The number of rotatable bonds is 2. The second-order valence-electron chi connectivity index (χ2n) is 7.50. The van der Waals surface area contributed by atoms with Crippen molar-refractivity contribution in [2.45, 2.75) is 77.6 Å². The lowest BCUT2D eigenvalue weighted by atomic mass is 9.79. The number of carbonyl (C=O) groups excluding carboxylic acids is 1. The third-order valence-corrected chi connectivity index (χ3v) is 4.64. The first kappa shape index (κ1) is 17.0. The van der Waals surface area contributed by atoms with E-state index in [1.165, 1.54) is 6.92 Å². The van der Waals surface area contributed by atoms with Crippen LogP contribution in [-0.2, 0) is 19.1 Å². The molecule has 1 aliphatic carbocycles. The molecule has 1 N–H and O–H groups in total. The zero-order valence-corrected chi connectivity index (χ0v) is 13.8. The van der Waals surface area contributed by atoms with Crippen molar-refractivity contribution in [2.75, 3.05) is 0 Å². The van der Waals surface area contributed by atoms with Gasteiger partial charge in [0.15, 0.2) is 0 Å². The predicted octanol–water partition coefficient (Wildman–Crippen LogP) is 3.08. The molecule has 0 amide bonds. The summed E-state index contributed by atoms with van der Waals surface area (Å²) < 4.78 is 11.2. The number of esters is 1. The molecule has 1 fully saturated rings. The Morgan fingerprint density at radius 1 is 1.32 bits per heavy atom. The van der Waals surface area contributed by atoms with E-state index in [9.17, 15) is 14.7 Å². The van der Waals surface area contributed by atoms with E-state index in [0.717, 1.165) is 12.8 Å². The number of carbonyl (C=O) groups is 2. The van der Waals surface area contributed by atoms with E-state index in [2.05, 4.69) is 20.8 Å². The molecule has 3 unspecified atom stereocenters. The van der Waals surface area contributed by atoms with Crippen LogP contribution in [0.15, 0.2) is 11.6 Å². The minimum Gasteiger partial charge on any atom is -0.478 e. The van der Waals surface area contributed by atoms with Gasteiger partial charge >= 0.3 is 11.9 Å². The van der Waals surface area contributed by atoms with Crippen LogP contribution in [0.5, 0.6) is 0 Å². The fourth-order valence-corrected chi connectivity index (χ4v) is 3.40. The Morgan fingerprint density at radius 3 is 2.59 bits per heavy atom. The maximum atomic E-state index is 11.4. The normalized spacial score (nSPS) is 34.6. The van der Waals surface area contributed by atoms with Crippen LogP contribution in [0.4, 0.5) is 0 Å². The molecule has 124 valence electrons. The zero-order valence-electron chi connectivity index (χ0n) is 13.8. The molecule has 0 spiro atoms. The minimum atomic E-state index is -0.937. The van der Waals surface area contributed by atoms with Crippen molar-refractivity contribution in [1.29, 1.82) is 0 Å². The van der Waals surface area contributed by atoms with Gasteiger partial charge in [0.1, 0.15) is 6.10 Å². The maximum Gasteiger partial charge on any atom is 0.331 e. The molecular formula is C17H26O5. The van der Waals surface area contributed by atoms with E-state index in [0.29, 0.717) is 18.4 Å². The van der Waals surface area contributed by atoms with Crippen molar-refractivity contribution >= 4 is 11.9 Å². The monoisotopic (exact) mass is 310 g/mol. The van der Waals surface area contributed by atoms with Gasteiger partial charge < -0.3 is 14.6 Å². The number of ether oxygens (including phenoxy) is 2. The third kappa shape index (κ3) is 4.32. The second kappa shape index (κ2) is 6.03. The van der Waals surface area contributed by atoms with Crippen LogP contribution in [-0.4, -0.2) is 34.9 Å². The Bertz CT molecular complexity index is 493. The topological polar surface area (TPSA) is 76.1 Å². The number of carboxylic acid groups (broad SMARTS) is 1. The average molecular weight is 310 g/mol. The molecule has 3 atom stereocenters. The molecule has 5 heteroatoms. The molecule has 0 bridgehead atoms. The first-order valence-corrected chi connectivity index (χ1v) is 7.89. The summed E-state index contributed by atoms with van der Waals surface area (Å²) in [6, 6.07) is 0. The number of hydrogen-bond acceptors (Lipinski definition) is 4. The lowest BCUT2D eigenvalue weighted by Crippen LogP contribution is -2.28. The summed E-state index contributed by atoms with van der Waals surface area (Å²) in [6.07, 6.45) is 4.83. The van der Waals surface area contributed by atoms with Crippen LogP contribution in [0.1, 0.15) is 59.8 Å². The van der Waals surface area contributed by atoms with Gasteiger partial charge in [-0.15, -0.1) is 0 Å². The largest absolute Gasteiger partial charge is 0.478 e. The van der Waals surface area contributed by atoms with E-state index in [-0.39, 0.29) is 29.5 Å². The molecule has 22 heavy (non-hydrogen) atoms. The lowest BCUT2D eigenvalue weighted by Gasteiger charge is -2.29. The van der Waals surface area contributed by atoms with E-state index in [1.807, 2.05) is 0 Å². The summed E-state index contributed by atoms with van der Waals surface area (Å²) in [5.41, 5.74) is 0.111. The number of epoxide rings is 1. The highest BCUT2D eigenvalue weighted by Crippen LogP contribution is 2.48. The van der Waals surface area contributed by atoms with E-state index < -0.39 is 12.1 Å². The molecule has 1 saturated heterocycles. The molecule has 0 aromatic rings. The van der Waals surface area contributed by atoms with Crippen LogP contribution in [0, 0.1) is 5.41 Å². The van der Waals surface area contributed by atoms with Crippen molar-refractivity contribution in [3.8, 4) is 0 Å². The highest BCUT2D eigenvalue weighted by molar-refractivity contribution is 5.86. The van der Waals surface area contributed by atoms with Crippen LogP contribution >= 0.6 is 0 Å². The zero-order chi connectivity index (χ0) is 16.5. The smallest absolute Gasteiger partial charge is 0.331 e. The van der Waals surface area contributed by atoms with Crippen LogP contribution in [0.3, 0.4) is 0 Å². The molecule has 2 rings (SSSR count). The van der Waals surface area contributed by atoms with Crippen molar-refractivity contribution in [3.05, 3.63) is 11.6 Å². The van der Waals surface area contributed by atoms with Crippen molar-refractivity contribution in [1.82, 2.24) is 0 Å². The van der Waals surface area contributed by atoms with Gasteiger partial charge in [0.2, 0.25) is 0 Å². The Labute approximate surface area is 131 Å². The second-order valence-corrected chi connectivity index (χ2v) is 7.50. The van der Waals surface area contributed by atoms with Gasteiger partial charge in [0.05, 0.1) is 11.7 Å². The highest BCUT2D eigenvalue weighted by Gasteiger charge is 2.53. The minimum absolute atomic E-state index is 0.0729. The van der Waals surface area contributed by atoms with Crippen molar-refractivity contribution < 1.29 is 24.2 Å². The van der Waals surface area contributed by atoms with Crippen LogP contribution in [0.2, 0.25) is 0 Å². The fourth-order valence-electron chi connectivity index (χ4n) is 3.40. The fraction of sp³-hybridized carbons (Fsp3) is 0.765. The Kier molecular flexibility index (Phi) is 4.66. The molecule has 5 nitrogen and oxygen atoms in total. The van der Waals surface area contributed by atoms with E-state index >= 15 is 0 Å². The van der Waals surface area contributed by atoms with Crippen LogP contribution < -0.4 is 0 Å². The summed E-state index contributed by atoms with van der Waals surface area (Å²) in [5.74, 6) is -1.31. The Hall–Kier alpha value is -1.36. The SMILES string of the molecule is CC(=O)OC1CC(C(=O)O)=CCCC2(C)OC2CC(C)(C)C1. The van der Waals surface area contributed by atoms with Crippen molar-refractivity contribution in [2.24, 2.45) is 5.41 Å². The van der Waals surface area contributed by atoms with E-state index in [4.69, 9.17) is 9.47 Å². The highest BCUT2D eigenvalue weighted by atomic mass is 16.6. The number of carboxylic acids is 1. The van der Waals surface area contributed by atoms with Gasteiger partial charge in [-0.25, -0.2) is 4.79 Å². The standard InChI is InChI=1S/C17H26O5/c1-11(18)21-13-8-12(15(19)20)6-5-7-17(4)14(22-17)10-16(2,3)9-13/h6,13-14H,5,7-10H2,1-4H3,(H,19,20).